The van der Waals surface area contributed by atoms with Crippen molar-refractivity contribution in [3.63, 3.8) is 0 Å². The zero-order chi connectivity index (χ0) is 19.9. The summed E-state index contributed by atoms with van der Waals surface area (Å²) in [4.78, 5) is 26.6. The second kappa shape index (κ2) is 9.26. The van der Waals surface area contributed by atoms with E-state index in [0.717, 1.165) is 37.4 Å². The average molecular weight is 381 g/mol. The standard InChI is InChI=1S/C22H27N3O3/c1-16-11-13-25(14-12-16)22(27)17-3-5-18(6-4-17)23-15-21(26)24-19-7-9-20(28-2)10-8-19/h3-10,16,23H,11-15H2,1-2H3,(H,24,26). The van der Waals surface area contributed by atoms with Gasteiger partial charge in [-0.3, -0.25) is 9.59 Å². The number of methoxy groups -OCH3 is 1. The highest BCUT2D eigenvalue weighted by molar-refractivity contribution is 5.95. The Balaban J connectivity index is 1.48. The van der Waals surface area contributed by atoms with Crippen LogP contribution in [0.5, 0.6) is 5.75 Å². The normalized spacial score (nSPS) is 14.4. The van der Waals surface area contributed by atoms with Crippen LogP contribution in [0.25, 0.3) is 0 Å². The number of nitrogens with one attached hydrogen (secondary N) is 2. The molecule has 0 spiro atoms. The molecule has 2 aromatic carbocycles. The topological polar surface area (TPSA) is 70.7 Å². The largest absolute Gasteiger partial charge is 0.497 e. The molecule has 0 aliphatic carbocycles. The zero-order valence-electron chi connectivity index (χ0n) is 16.4. The highest BCUT2D eigenvalue weighted by atomic mass is 16.5. The van der Waals surface area contributed by atoms with Crippen molar-refractivity contribution in [2.45, 2.75) is 19.8 Å². The first-order valence-electron chi connectivity index (χ1n) is 9.62. The van der Waals surface area contributed by atoms with Crippen molar-refractivity contribution >= 4 is 23.2 Å². The molecule has 1 fully saturated rings. The van der Waals surface area contributed by atoms with Gasteiger partial charge in [-0.1, -0.05) is 6.92 Å². The van der Waals surface area contributed by atoms with Crippen LogP contribution < -0.4 is 15.4 Å². The van der Waals surface area contributed by atoms with E-state index in [2.05, 4.69) is 17.6 Å². The van der Waals surface area contributed by atoms with Gasteiger partial charge in [0.25, 0.3) is 5.91 Å². The first-order chi connectivity index (χ1) is 13.5. The van der Waals surface area contributed by atoms with Crippen molar-refractivity contribution in [2.75, 3.05) is 37.4 Å². The van der Waals surface area contributed by atoms with Crippen molar-refractivity contribution in [1.29, 1.82) is 0 Å². The SMILES string of the molecule is COc1ccc(NC(=O)CNc2ccc(C(=O)N3CCC(C)CC3)cc2)cc1. The monoisotopic (exact) mass is 381 g/mol. The Morgan fingerprint density at radius 2 is 1.61 bits per heavy atom. The Morgan fingerprint density at radius 1 is 1.00 bits per heavy atom. The van der Waals surface area contributed by atoms with Crippen molar-refractivity contribution in [3.05, 3.63) is 54.1 Å². The Morgan fingerprint density at radius 3 is 2.21 bits per heavy atom. The van der Waals surface area contributed by atoms with E-state index < -0.39 is 0 Å². The number of anilines is 2. The molecule has 0 radical (unpaired) electrons. The van der Waals surface area contributed by atoms with E-state index in [0.29, 0.717) is 17.2 Å². The molecule has 6 nitrogen and oxygen atoms in total. The lowest BCUT2D eigenvalue weighted by molar-refractivity contribution is -0.114. The summed E-state index contributed by atoms with van der Waals surface area (Å²) in [6, 6.07) is 14.5. The van der Waals surface area contributed by atoms with Crippen molar-refractivity contribution in [2.24, 2.45) is 5.92 Å². The first kappa shape index (κ1) is 19.7. The number of hydrogen-bond donors (Lipinski definition) is 2. The van der Waals surface area contributed by atoms with Gasteiger partial charge >= 0.3 is 0 Å². The number of piperidine rings is 1. The van der Waals surface area contributed by atoms with Crippen LogP contribution in [0.3, 0.4) is 0 Å². The molecule has 1 saturated heterocycles. The number of hydrogen-bond acceptors (Lipinski definition) is 4. The molecule has 28 heavy (non-hydrogen) atoms. The summed E-state index contributed by atoms with van der Waals surface area (Å²) < 4.78 is 5.10. The summed E-state index contributed by atoms with van der Waals surface area (Å²) in [5, 5.41) is 5.90. The van der Waals surface area contributed by atoms with Gasteiger partial charge in [-0.05, 0) is 67.3 Å². The Labute approximate surface area is 165 Å². The molecule has 6 heteroatoms. The molecule has 3 rings (SSSR count). The maximum atomic E-state index is 12.6. The van der Waals surface area contributed by atoms with Gasteiger partial charge in [-0.2, -0.15) is 0 Å². The second-order valence-corrected chi connectivity index (χ2v) is 7.18. The molecule has 1 heterocycles. The Hall–Kier alpha value is -3.02. The smallest absolute Gasteiger partial charge is 0.253 e. The highest BCUT2D eigenvalue weighted by Gasteiger charge is 2.21. The van der Waals surface area contributed by atoms with Crippen LogP contribution in [0, 0.1) is 5.92 Å². The molecule has 1 aliphatic rings. The third kappa shape index (κ3) is 5.25. The summed E-state index contributed by atoms with van der Waals surface area (Å²) >= 11 is 0. The van der Waals surface area contributed by atoms with Crippen LogP contribution in [0.4, 0.5) is 11.4 Å². The summed E-state index contributed by atoms with van der Waals surface area (Å²) in [7, 11) is 1.60. The number of benzene rings is 2. The Bertz CT molecular complexity index is 795. The molecule has 0 unspecified atom stereocenters. The maximum absolute atomic E-state index is 12.6. The summed E-state index contributed by atoms with van der Waals surface area (Å²) in [5.41, 5.74) is 2.20. The molecule has 0 atom stereocenters. The van der Waals surface area contributed by atoms with Crippen molar-refractivity contribution < 1.29 is 14.3 Å². The van der Waals surface area contributed by atoms with Crippen LogP contribution in [0.15, 0.2) is 48.5 Å². The lowest BCUT2D eigenvalue weighted by atomic mass is 9.98. The minimum absolute atomic E-state index is 0.0794. The maximum Gasteiger partial charge on any atom is 0.253 e. The molecule has 1 aliphatic heterocycles. The van der Waals surface area contributed by atoms with Gasteiger partial charge in [0.2, 0.25) is 5.91 Å². The van der Waals surface area contributed by atoms with Gasteiger partial charge in [0.05, 0.1) is 13.7 Å². The predicted octanol–water partition coefficient (Wildman–Crippen LogP) is 3.62. The highest BCUT2D eigenvalue weighted by Crippen LogP contribution is 2.19. The number of amides is 2. The van der Waals surface area contributed by atoms with Crippen LogP contribution in [0.1, 0.15) is 30.1 Å². The van der Waals surface area contributed by atoms with Gasteiger partial charge < -0.3 is 20.3 Å². The number of likely N-dealkylation sites (tertiary alicyclic amines) is 1. The fraction of sp³-hybridized carbons (Fsp3) is 0.364. The van der Waals surface area contributed by atoms with Crippen molar-refractivity contribution in [1.82, 2.24) is 4.90 Å². The molecular weight excluding hydrogens is 354 g/mol. The van der Waals surface area contributed by atoms with Crippen molar-refractivity contribution in [3.8, 4) is 5.75 Å². The lowest BCUT2D eigenvalue weighted by Crippen LogP contribution is -2.37. The summed E-state index contributed by atoms with van der Waals surface area (Å²) in [6.45, 7) is 4.02. The van der Waals surface area contributed by atoms with Gasteiger partial charge in [0.1, 0.15) is 5.75 Å². The molecular formula is C22H27N3O3. The van der Waals surface area contributed by atoms with Crippen LogP contribution in [0.2, 0.25) is 0 Å². The molecule has 2 N–H and O–H groups in total. The van der Waals surface area contributed by atoms with E-state index in [9.17, 15) is 9.59 Å². The molecule has 2 aromatic rings. The minimum Gasteiger partial charge on any atom is -0.497 e. The number of ether oxygens (including phenoxy) is 1. The summed E-state index contributed by atoms with van der Waals surface area (Å²) in [5.74, 6) is 1.37. The molecule has 0 aromatic heterocycles. The van der Waals surface area contributed by atoms with E-state index in [1.54, 1.807) is 31.4 Å². The van der Waals surface area contributed by atoms with Gasteiger partial charge in [0.15, 0.2) is 0 Å². The van der Waals surface area contributed by atoms with E-state index >= 15 is 0 Å². The van der Waals surface area contributed by atoms with Gasteiger partial charge in [-0.15, -0.1) is 0 Å². The molecule has 0 saturated carbocycles. The molecule has 148 valence electrons. The van der Waals surface area contributed by atoms with Crippen LogP contribution in [-0.4, -0.2) is 43.5 Å². The number of carbonyl (C=O) groups excluding carboxylic acids is 2. The number of rotatable bonds is 6. The molecule has 2 amide bonds. The van der Waals surface area contributed by atoms with E-state index in [-0.39, 0.29) is 18.4 Å². The van der Waals surface area contributed by atoms with E-state index in [1.807, 2.05) is 29.2 Å². The third-order valence-electron chi connectivity index (χ3n) is 5.03. The third-order valence-corrected chi connectivity index (χ3v) is 5.03. The fourth-order valence-electron chi connectivity index (χ4n) is 3.19. The first-order valence-corrected chi connectivity index (χ1v) is 9.62. The number of nitrogens with zero attached hydrogens (tertiary/aromatic N) is 1. The fourth-order valence-corrected chi connectivity index (χ4v) is 3.19. The molecule has 0 bridgehead atoms. The van der Waals surface area contributed by atoms with Crippen LogP contribution in [-0.2, 0) is 4.79 Å². The summed E-state index contributed by atoms with van der Waals surface area (Å²) in [6.07, 6.45) is 2.13. The van der Waals surface area contributed by atoms with E-state index in [4.69, 9.17) is 4.74 Å². The van der Waals surface area contributed by atoms with Gasteiger partial charge in [0, 0.05) is 30.0 Å². The van der Waals surface area contributed by atoms with E-state index in [1.165, 1.54) is 0 Å². The second-order valence-electron chi connectivity index (χ2n) is 7.18. The minimum atomic E-state index is -0.146. The van der Waals surface area contributed by atoms with Crippen LogP contribution >= 0.6 is 0 Å². The predicted molar refractivity (Wildman–Crippen MR) is 111 cm³/mol. The van der Waals surface area contributed by atoms with Gasteiger partial charge in [-0.25, -0.2) is 0 Å². The average Bonchev–Trinajstić information content (AvgIpc) is 2.73. The lowest BCUT2D eigenvalue weighted by Gasteiger charge is -2.30. The Kier molecular flexibility index (Phi) is 6.53. The quantitative estimate of drug-likeness (QED) is 0.802. The number of carbonyl (C=O) groups is 2. The zero-order valence-corrected chi connectivity index (χ0v) is 16.4.